The van der Waals surface area contributed by atoms with Crippen molar-refractivity contribution < 1.29 is 9.18 Å². The van der Waals surface area contributed by atoms with Crippen LogP contribution in [0.2, 0.25) is 5.15 Å². The summed E-state index contributed by atoms with van der Waals surface area (Å²) in [5, 5.41) is 4.93. The first-order valence-electron chi connectivity index (χ1n) is 8.60. The number of nitrogens with one attached hydrogen (secondary N) is 1. The first-order chi connectivity index (χ1) is 13.5. The van der Waals surface area contributed by atoms with E-state index in [1.165, 1.54) is 22.1 Å². The van der Waals surface area contributed by atoms with Gasteiger partial charge in [-0.25, -0.2) is 14.4 Å². The van der Waals surface area contributed by atoms with E-state index in [0.29, 0.717) is 29.2 Å². The lowest BCUT2D eigenvalue weighted by molar-refractivity contribution is 0.0679. The Kier molecular flexibility index (Phi) is 3.95. The van der Waals surface area contributed by atoms with Crippen molar-refractivity contribution in [1.29, 1.82) is 0 Å². The molecule has 0 bridgehead atoms. The topological polar surface area (TPSA) is 79.7 Å². The van der Waals surface area contributed by atoms with Crippen molar-refractivity contribution in [2.24, 2.45) is 7.05 Å². The van der Waals surface area contributed by atoms with E-state index in [0.717, 1.165) is 16.1 Å². The summed E-state index contributed by atoms with van der Waals surface area (Å²) in [7, 11) is 1.67. The standard InChI is InChI=1S/C18H14ClFN6OS/c1-25-11(7-13(19)24-25)18(27)26-6-5-10-15(22-8-21-10)16(26)17-23-14-9(20)3-2-4-12(14)28-17/h2-4,7-8,16H,5-6H2,1H3,(H,21,22)/t16-/m0/s1. The van der Waals surface area contributed by atoms with Crippen LogP contribution in [0.4, 0.5) is 4.39 Å². The Morgan fingerprint density at radius 2 is 2.29 bits per heavy atom. The number of carbonyl (C=O) groups is 1. The molecule has 0 aliphatic carbocycles. The number of aromatic nitrogens is 5. The number of carbonyl (C=O) groups excluding carboxylic acids is 1. The Morgan fingerprint density at radius 1 is 1.43 bits per heavy atom. The quantitative estimate of drug-likeness (QED) is 0.543. The van der Waals surface area contributed by atoms with Crippen LogP contribution in [0.3, 0.4) is 0 Å². The summed E-state index contributed by atoms with van der Waals surface area (Å²) in [6.07, 6.45) is 2.25. The van der Waals surface area contributed by atoms with Crippen LogP contribution in [0.15, 0.2) is 30.6 Å². The van der Waals surface area contributed by atoms with Gasteiger partial charge >= 0.3 is 0 Å². The zero-order valence-electron chi connectivity index (χ0n) is 14.7. The second-order valence-corrected chi connectivity index (χ2v) is 7.98. The van der Waals surface area contributed by atoms with E-state index >= 15 is 0 Å². The summed E-state index contributed by atoms with van der Waals surface area (Å²) in [5.74, 6) is -0.602. The number of benzene rings is 1. The molecular weight excluding hydrogens is 403 g/mol. The Labute approximate surface area is 167 Å². The van der Waals surface area contributed by atoms with Gasteiger partial charge in [0.15, 0.2) is 5.15 Å². The van der Waals surface area contributed by atoms with E-state index in [2.05, 4.69) is 20.1 Å². The van der Waals surface area contributed by atoms with Crippen LogP contribution < -0.4 is 0 Å². The van der Waals surface area contributed by atoms with E-state index in [1.54, 1.807) is 30.4 Å². The lowest BCUT2D eigenvalue weighted by Gasteiger charge is -2.33. The zero-order chi connectivity index (χ0) is 19.4. The van der Waals surface area contributed by atoms with Gasteiger partial charge < -0.3 is 9.88 Å². The van der Waals surface area contributed by atoms with Crippen molar-refractivity contribution >= 4 is 39.1 Å². The van der Waals surface area contributed by atoms with Gasteiger partial charge in [0.2, 0.25) is 0 Å². The maximum absolute atomic E-state index is 14.2. The predicted molar refractivity (Wildman–Crippen MR) is 103 cm³/mol. The largest absolute Gasteiger partial charge is 0.348 e. The zero-order valence-corrected chi connectivity index (χ0v) is 16.3. The maximum atomic E-state index is 14.2. The minimum Gasteiger partial charge on any atom is -0.348 e. The second-order valence-electron chi connectivity index (χ2n) is 6.53. The van der Waals surface area contributed by atoms with Gasteiger partial charge in [0.1, 0.15) is 28.1 Å². The van der Waals surface area contributed by atoms with E-state index in [9.17, 15) is 9.18 Å². The molecule has 1 aliphatic heterocycles. The number of rotatable bonds is 2. The van der Waals surface area contributed by atoms with Crippen LogP contribution in [0, 0.1) is 5.82 Å². The van der Waals surface area contributed by atoms with E-state index < -0.39 is 6.04 Å². The fourth-order valence-electron chi connectivity index (χ4n) is 3.57. The number of hydrogen-bond acceptors (Lipinski definition) is 5. The molecule has 5 rings (SSSR count). The molecule has 1 amide bonds. The van der Waals surface area contributed by atoms with Crippen molar-refractivity contribution in [2.45, 2.75) is 12.5 Å². The molecular formula is C18H14ClFN6OS. The smallest absolute Gasteiger partial charge is 0.273 e. The summed E-state index contributed by atoms with van der Waals surface area (Å²) in [4.78, 5) is 27.1. The van der Waals surface area contributed by atoms with E-state index in [1.807, 2.05) is 6.07 Å². The molecule has 0 spiro atoms. The fourth-order valence-corrected chi connectivity index (χ4v) is 4.89. The number of hydrogen-bond donors (Lipinski definition) is 1. The molecule has 0 unspecified atom stereocenters. The summed E-state index contributed by atoms with van der Waals surface area (Å²) in [5.41, 5.74) is 2.37. The first kappa shape index (κ1) is 17.3. The normalized spacial score (nSPS) is 16.5. The number of thiazole rings is 1. The fraction of sp³-hybridized carbons (Fsp3) is 0.222. The SMILES string of the molecule is Cn1nc(Cl)cc1C(=O)N1CCc2[nH]cnc2[C@H]1c1nc2c(F)cccc2s1. The van der Waals surface area contributed by atoms with E-state index in [4.69, 9.17) is 11.6 Å². The van der Waals surface area contributed by atoms with Crippen molar-refractivity contribution in [3.05, 3.63) is 63.7 Å². The van der Waals surface area contributed by atoms with Gasteiger partial charge in [-0.2, -0.15) is 5.10 Å². The van der Waals surface area contributed by atoms with Crippen LogP contribution in [0.25, 0.3) is 10.2 Å². The van der Waals surface area contributed by atoms with Gasteiger partial charge in [-0.1, -0.05) is 17.7 Å². The number of aryl methyl sites for hydroxylation is 1. The van der Waals surface area contributed by atoms with Crippen molar-refractivity contribution in [1.82, 2.24) is 29.6 Å². The van der Waals surface area contributed by atoms with E-state index in [-0.39, 0.29) is 16.9 Å². The molecule has 10 heteroatoms. The minimum atomic E-state index is -0.507. The Hall–Kier alpha value is -2.78. The monoisotopic (exact) mass is 416 g/mol. The second kappa shape index (κ2) is 6.39. The molecule has 0 saturated carbocycles. The summed E-state index contributed by atoms with van der Waals surface area (Å²) < 4.78 is 16.4. The molecule has 0 radical (unpaired) electrons. The van der Waals surface area contributed by atoms with Crippen molar-refractivity contribution in [3.63, 3.8) is 0 Å². The van der Waals surface area contributed by atoms with Crippen LogP contribution >= 0.6 is 22.9 Å². The first-order valence-corrected chi connectivity index (χ1v) is 9.80. The molecule has 28 heavy (non-hydrogen) atoms. The summed E-state index contributed by atoms with van der Waals surface area (Å²) >= 11 is 7.33. The third-order valence-corrected chi connectivity index (χ3v) is 6.13. The molecule has 3 aromatic heterocycles. The lowest BCUT2D eigenvalue weighted by Crippen LogP contribution is -2.41. The molecule has 1 aromatic carbocycles. The Balaban J connectivity index is 1.65. The molecule has 4 aromatic rings. The van der Waals surface area contributed by atoms with Crippen LogP contribution in [-0.4, -0.2) is 42.1 Å². The Morgan fingerprint density at radius 3 is 3.04 bits per heavy atom. The van der Waals surface area contributed by atoms with Gasteiger partial charge in [0, 0.05) is 31.8 Å². The highest BCUT2D eigenvalue weighted by atomic mass is 35.5. The number of H-pyrrole nitrogens is 1. The number of amides is 1. The highest BCUT2D eigenvalue weighted by molar-refractivity contribution is 7.18. The summed E-state index contributed by atoms with van der Waals surface area (Å²) in [6, 6.07) is 5.89. The third-order valence-electron chi connectivity index (χ3n) is 4.88. The van der Waals surface area contributed by atoms with Crippen molar-refractivity contribution in [3.8, 4) is 0 Å². The molecule has 142 valence electrons. The molecule has 0 saturated heterocycles. The number of nitrogens with zero attached hydrogens (tertiary/aromatic N) is 5. The average Bonchev–Trinajstić information content (AvgIpc) is 3.38. The Bertz CT molecular complexity index is 1210. The number of para-hydroxylation sites is 1. The van der Waals surface area contributed by atoms with Gasteiger partial charge in [0.25, 0.3) is 5.91 Å². The molecule has 1 N–H and O–H groups in total. The highest BCUT2D eigenvalue weighted by Crippen LogP contribution is 2.38. The van der Waals surface area contributed by atoms with Gasteiger partial charge in [-0.05, 0) is 12.1 Å². The number of imidazole rings is 1. The molecule has 4 heterocycles. The van der Waals surface area contributed by atoms with Gasteiger partial charge in [0.05, 0.1) is 16.7 Å². The third kappa shape index (κ3) is 2.61. The highest BCUT2D eigenvalue weighted by Gasteiger charge is 2.37. The number of halogens is 2. The molecule has 1 aliphatic rings. The van der Waals surface area contributed by atoms with Crippen LogP contribution in [-0.2, 0) is 13.5 Å². The predicted octanol–water partition coefficient (Wildman–Crippen LogP) is 3.33. The number of aromatic amines is 1. The lowest BCUT2D eigenvalue weighted by atomic mass is 10.0. The molecule has 0 fully saturated rings. The summed E-state index contributed by atoms with van der Waals surface area (Å²) in [6.45, 7) is 0.472. The maximum Gasteiger partial charge on any atom is 0.273 e. The van der Waals surface area contributed by atoms with Crippen LogP contribution in [0.5, 0.6) is 0 Å². The van der Waals surface area contributed by atoms with Gasteiger partial charge in [-0.3, -0.25) is 9.48 Å². The van der Waals surface area contributed by atoms with Crippen LogP contribution in [0.1, 0.15) is 32.9 Å². The van der Waals surface area contributed by atoms with Crippen molar-refractivity contribution in [2.75, 3.05) is 6.54 Å². The molecule has 7 nitrogen and oxygen atoms in total. The minimum absolute atomic E-state index is 0.222. The number of fused-ring (bicyclic) bond motifs is 2. The average molecular weight is 417 g/mol. The molecule has 1 atom stereocenters. The van der Waals surface area contributed by atoms with Gasteiger partial charge in [-0.15, -0.1) is 11.3 Å².